The first-order chi connectivity index (χ1) is 9.13. The van der Waals surface area contributed by atoms with Crippen molar-refractivity contribution in [1.29, 1.82) is 0 Å². The highest BCUT2D eigenvalue weighted by atomic mass is 16.5. The Morgan fingerprint density at radius 2 is 2.16 bits per heavy atom. The molecule has 2 saturated heterocycles. The molecule has 2 heterocycles. The zero-order valence-corrected chi connectivity index (χ0v) is 12.4. The van der Waals surface area contributed by atoms with Crippen LogP contribution in [0.25, 0.3) is 0 Å². The van der Waals surface area contributed by atoms with E-state index in [4.69, 9.17) is 4.74 Å². The number of amides is 1. The van der Waals surface area contributed by atoms with Gasteiger partial charge in [-0.2, -0.15) is 0 Å². The summed E-state index contributed by atoms with van der Waals surface area (Å²) < 4.78 is 5.13. The first-order valence-electron chi connectivity index (χ1n) is 7.36. The van der Waals surface area contributed by atoms with Crippen molar-refractivity contribution in [3.05, 3.63) is 0 Å². The highest BCUT2D eigenvalue weighted by Crippen LogP contribution is 2.20. The Morgan fingerprint density at radius 3 is 2.68 bits per heavy atom. The largest absolute Gasteiger partial charge is 0.383 e. The number of ether oxygens (including phenoxy) is 1. The lowest BCUT2D eigenvalue weighted by Gasteiger charge is -2.42. The van der Waals surface area contributed by atoms with Crippen LogP contribution in [0.5, 0.6) is 0 Å². The van der Waals surface area contributed by atoms with Gasteiger partial charge in [0.05, 0.1) is 6.61 Å². The van der Waals surface area contributed by atoms with Crippen molar-refractivity contribution in [2.75, 3.05) is 53.0 Å². The van der Waals surface area contributed by atoms with Gasteiger partial charge in [0, 0.05) is 45.2 Å². The van der Waals surface area contributed by atoms with Crippen molar-refractivity contribution in [2.24, 2.45) is 11.8 Å². The van der Waals surface area contributed by atoms with E-state index < -0.39 is 0 Å². The van der Waals surface area contributed by atoms with Crippen molar-refractivity contribution < 1.29 is 9.53 Å². The molecule has 0 saturated carbocycles. The highest BCUT2D eigenvalue weighted by molar-refractivity contribution is 5.79. The van der Waals surface area contributed by atoms with Crippen LogP contribution in [-0.4, -0.2) is 74.7 Å². The third-order valence-corrected chi connectivity index (χ3v) is 4.57. The topological polar surface area (TPSA) is 44.8 Å². The van der Waals surface area contributed by atoms with Crippen LogP contribution in [0.3, 0.4) is 0 Å². The normalized spacial score (nSPS) is 27.1. The highest BCUT2D eigenvalue weighted by Gasteiger charge is 2.34. The summed E-state index contributed by atoms with van der Waals surface area (Å²) in [6, 6.07) is 0.430. The number of carbonyl (C=O) groups excluding carboxylic acids is 1. The fourth-order valence-electron chi connectivity index (χ4n) is 2.89. The maximum absolute atomic E-state index is 12.5. The van der Waals surface area contributed by atoms with Gasteiger partial charge >= 0.3 is 0 Å². The SMILES string of the molecule is COCCN1CCN(C(=O)C(C)C2CNC2)CC1C. The van der Waals surface area contributed by atoms with Gasteiger partial charge in [-0.25, -0.2) is 0 Å². The van der Waals surface area contributed by atoms with Gasteiger partial charge in [0.25, 0.3) is 0 Å². The van der Waals surface area contributed by atoms with Crippen LogP contribution < -0.4 is 5.32 Å². The second-order valence-electron chi connectivity index (χ2n) is 5.87. The summed E-state index contributed by atoms with van der Waals surface area (Å²) in [6.45, 7) is 10.7. The number of nitrogens with zero attached hydrogens (tertiary/aromatic N) is 2. The van der Waals surface area contributed by atoms with E-state index in [9.17, 15) is 4.79 Å². The van der Waals surface area contributed by atoms with Crippen LogP contribution in [0.2, 0.25) is 0 Å². The Hall–Kier alpha value is -0.650. The number of hydrogen-bond acceptors (Lipinski definition) is 4. The second-order valence-corrected chi connectivity index (χ2v) is 5.87. The predicted octanol–water partition coefficient (Wildman–Crippen LogP) is 0.0210. The van der Waals surface area contributed by atoms with Gasteiger partial charge in [0.1, 0.15) is 0 Å². The number of hydrogen-bond donors (Lipinski definition) is 1. The minimum absolute atomic E-state index is 0.166. The van der Waals surface area contributed by atoms with E-state index in [0.717, 1.165) is 45.9 Å². The molecule has 2 rings (SSSR count). The summed E-state index contributed by atoms with van der Waals surface area (Å²) >= 11 is 0. The van der Waals surface area contributed by atoms with E-state index in [1.165, 1.54) is 0 Å². The third-order valence-electron chi connectivity index (χ3n) is 4.57. The molecule has 0 spiro atoms. The molecule has 110 valence electrons. The van der Waals surface area contributed by atoms with E-state index in [1.54, 1.807) is 7.11 Å². The fraction of sp³-hybridized carbons (Fsp3) is 0.929. The molecule has 19 heavy (non-hydrogen) atoms. The molecule has 5 heteroatoms. The zero-order valence-electron chi connectivity index (χ0n) is 12.4. The molecule has 2 unspecified atom stereocenters. The van der Waals surface area contributed by atoms with Crippen molar-refractivity contribution >= 4 is 5.91 Å². The molecule has 1 N–H and O–H groups in total. The average molecular weight is 269 g/mol. The first-order valence-corrected chi connectivity index (χ1v) is 7.36. The monoisotopic (exact) mass is 269 g/mol. The lowest BCUT2D eigenvalue weighted by molar-refractivity contribution is -0.140. The molecule has 0 radical (unpaired) electrons. The molecule has 0 aromatic carbocycles. The van der Waals surface area contributed by atoms with E-state index in [1.807, 2.05) is 0 Å². The van der Waals surface area contributed by atoms with Gasteiger partial charge in [0.15, 0.2) is 0 Å². The minimum atomic E-state index is 0.166. The van der Waals surface area contributed by atoms with Gasteiger partial charge < -0.3 is 15.0 Å². The van der Waals surface area contributed by atoms with Gasteiger partial charge in [-0.15, -0.1) is 0 Å². The Bertz CT molecular complexity index is 307. The molecule has 0 aliphatic carbocycles. The van der Waals surface area contributed by atoms with Crippen LogP contribution in [0.1, 0.15) is 13.8 Å². The maximum Gasteiger partial charge on any atom is 0.225 e. The van der Waals surface area contributed by atoms with Crippen molar-refractivity contribution in [1.82, 2.24) is 15.1 Å². The Morgan fingerprint density at radius 1 is 1.42 bits per heavy atom. The number of rotatable bonds is 5. The molecule has 2 aliphatic heterocycles. The number of nitrogens with one attached hydrogen (secondary N) is 1. The first kappa shape index (κ1) is 14.8. The third kappa shape index (κ3) is 3.46. The summed E-state index contributed by atoms with van der Waals surface area (Å²) in [6.07, 6.45) is 0. The summed E-state index contributed by atoms with van der Waals surface area (Å²) in [4.78, 5) is 16.9. The van der Waals surface area contributed by atoms with Crippen LogP contribution in [0, 0.1) is 11.8 Å². The molecule has 2 fully saturated rings. The Balaban J connectivity index is 1.81. The van der Waals surface area contributed by atoms with Gasteiger partial charge in [-0.1, -0.05) is 6.92 Å². The van der Waals surface area contributed by atoms with Gasteiger partial charge in [0.2, 0.25) is 5.91 Å². The second kappa shape index (κ2) is 6.68. The Labute approximate surface area is 116 Å². The van der Waals surface area contributed by atoms with Crippen molar-refractivity contribution in [3.63, 3.8) is 0 Å². The number of carbonyl (C=O) groups is 1. The fourth-order valence-corrected chi connectivity index (χ4v) is 2.89. The predicted molar refractivity (Wildman–Crippen MR) is 75.0 cm³/mol. The van der Waals surface area contributed by atoms with E-state index in [0.29, 0.717) is 17.9 Å². The van der Waals surface area contributed by atoms with Crippen LogP contribution in [0.15, 0.2) is 0 Å². The summed E-state index contributed by atoms with van der Waals surface area (Å²) in [5, 5.41) is 3.25. The summed E-state index contributed by atoms with van der Waals surface area (Å²) in [5.74, 6) is 1.04. The molecule has 0 aromatic heterocycles. The van der Waals surface area contributed by atoms with E-state index in [-0.39, 0.29) is 5.92 Å². The Kier molecular flexibility index (Phi) is 5.19. The molecule has 5 nitrogen and oxygen atoms in total. The van der Waals surface area contributed by atoms with E-state index >= 15 is 0 Å². The summed E-state index contributed by atoms with van der Waals surface area (Å²) in [7, 11) is 1.73. The number of piperazine rings is 1. The standard InChI is InChI=1S/C14H27N3O2/c1-11-10-17(5-4-16(11)6-7-19-3)14(18)12(2)13-8-15-9-13/h11-13,15H,4-10H2,1-3H3. The lowest BCUT2D eigenvalue weighted by atomic mass is 9.87. The van der Waals surface area contributed by atoms with Gasteiger partial charge in [-0.3, -0.25) is 9.69 Å². The van der Waals surface area contributed by atoms with Crippen molar-refractivity contribution in [2.45, 2.75) is 19.9 Å². The molecule has 1 amide bonds. The van der Waals surface area contributed by atoms with E-state index in [2.05, 4.69) is 29.0 Å². The molecule has 0 aromatic rings. The minimum Gasteiger partial charge on any atom is -0.383 e. The average Bonchev–Trinajstić information content (AvgIpc) is 2.34. The maximum atomic E-state index is 12.5. The lowest BCUT2D eigenvalue weighted by Crippen LogP contribution is -2.57. The molecule has 2 aliphatic rings. The smallest absolute Gasteiger partial charge is 0.225 e. The quantitative estimate of drug-likeness (QED) is 0.764. The molecular weight excluding hydrogens is 242 g/mol. The molecular formula is C14H27N3O2. The van der Waals surface area contributed by atoms with Crippen LogP contribution in [-0.2, 0) is 9.53 Å². The molecule has 2 atom stereocenters. The summed E-state index contributed by atoms with van der Waals surface area (Å²) in [5.41, 5.74) is 0. The van der Waals surface area contributed by atoms with Crippen molar-refractivity contribution in [3.8, 4) is 0 Å². The zero-order chi connectivity index (χ0) is 13.8. The van der Waals surface area contributed by atoms with Crippen LogP contribution >= 0.6 is 0 Å². The number of methoxy groups -OCH3 is 1. The van der Waals surface area contributed by atoms with Gasteiger partial charge in [-0.05, 0) is 25.9 Å². The van der Waals surface area contributed by atoms with Crippen LogP contribution in [0.4, 0.5) is 0 Å². The molecule has 0 bridgehead atoms.